The SMILES string of the molecule is CC(C)Oc1cccc(C(C)NC2CC2)c1. The van der Waals surface area contributed by atoms with Crippen molar-refractivity contribution in [3.8, 4) is 5.75 Å². The first-order valence-electron chi connectivity index (χ1n) is 6.18. The monoisotopic (exact) mass is 219 g/mol. The van der Waals surface area contributed by atoms with Crippen molar-refractivity contribution in [2.24, 2.45) is 0 Å². The van der Waals surface area contributed by atoms with Crippen molar-refractivity contribution in [1.29, 1.82) is 0 Å². The molecule has 0 heterocycles. The smallest absolute Gasteiger partial charge is 0.120 e. The van der Waals surface area contributed by atoms with Gasteiger partial charge in [-0.2, -0.15) is 0 Å². The standard InChI is InChI=1S/C14H21NO/c1-10(2)16-14-6-4-5-12(9-14)11(3)15-13-7-8-13/h4-6,9-11,13,15H,7-8H2,1-3H3. The van der Waals surface area contributed by atoms with Crippen LogP contribution in [0.4, 0.5) is 0 Å². The fourth-order valence-electron chi connectivity index (χ4n) is 1.83. The summed E-state index contributed by atoms with van der Waals surface area (Å²) >= 11 is 0. The van der Waals surface area contributed by atoms with Gasteiger partial charge in [0.2, 0.25) is 0 Å². The van der Waals surface area contributed by atoms with Gasteiger partial charge in [-0.05, 0) is 51.3 Å². The highest BCUT2D eigenvalue weighted by molar-refractivity contribution is 5.30. The molecule has 1 aromatic rings. The summed E-state index contributed by atoms with van der Waals surface area (Å²) in [5.74, 6) is 0.969. The van der Waals surface area contributed by atoms with Crippen molar-refractivity contribution in [3.63, 3.8) is 0 Å². The minimum absolute atomic E-state index is 0.238. The summed E-state index contributed by atoms with van der Waals surface area (Å²) in [6, 6.07) is 9.55. The second kappa shape index (κ2) is 4.88. The molecule has 1 atom stereocenters. The maximum Gasteiger partial charge on any atom is 0.120 e. The van der Waals surface area contributed by atoms with E-state index in [1.807, 2.05) is 6.07 Å². The zero-order valence-electron chi connectivity index (χ0n) is 10.4. The van der Waals surface area contributed by atoms with Crippen LogP contribution in [0.2, 0.25) is 0 Å². The molecule has 1 aliphatic carbocycles. The van der Waals surface area contributed by atoms with E-state index in [1.165, 1.54) is 18.4 Å². The summed E-state index contributed by atoms with van der Waals surface area (Å²) in [7, 11) is 0. The van der Waals surface area contributed by atoms with Crippen molar-refractivity contribution in [2.45, 2.75) is 51.8 Å². The summed E-state index contributed by atoms with van der Waals surface area (Å²) in [6.07, 6.45) is 2.89. The Bertz CT molecular complexity index is 344. The van der Waals surface area contributed by atoms with Crippen molar-refractivity contribution in [2.75, 3.05) is 0 Å². The number of rotatable bonds is 5. The van der Waals surface area contributed by atoms with Gasteiger partial charge in [0.25, 0.3) is 0 Å². The van der Waals surface area contributed by atoms with Crippen LogP contribution >= 0.6 is 0 Å². The van der Waals surface area contributed by atoms with E-state index >= 15 is 0 Å². The molecule has 2 rings (SSSR count). The number of benzene rings is 1. The zero-order chi connectivity index (χ0) is 11.5. The van der Waals surface area contributed by atoms with Gasteiger partial charge in [-0.15, -0.1) is 0 Å². The van der Waals surface area contributed by atoms with Crippen LogP contribution in [0.1, 0.15) is 45.2 Å². The number of hydrogen-bond donors (Lipinski definition) is 1. The highest BCUT2D eigenvalue weighted by Gasteiger charge is 2.23. The van der Waals surface area contributed by atoms with Crippen LogP contribution in [0, 0.1) is 0 Å². The molecule has 16 heavy (non-hydrogen) atoms. The van der Waals surface area contributed by atoms with Gasteiger partial charge in [0.15, 0.2) is 0 Å². The lowest BCUT2D eigenvalue weighted by Gasteiger charge is -2.16. The molecule has 0 saturated heterocycles. The van der Waals surface area contributed by atoms with E-state index in [4.69, 9.17) is 4.74 Å². The Hall–Kier alpha value is -1.02. The molecule has 0 aliphatic heterocycles. The van der Waals surface area contributed by atoms with Gasteiger partial charge < -0.3 is 10.1 Å². The predicted molar refractivity (Wildman–Crippen MR) is 66.8 cm³/mol. The molecule has 0 amide bonds. The van der Waals surface area contributed by atoms with Gasteiger partial charge in [-0.25, -0.2) is 0 Å². The van der Waals surface area contributed by atoms with E-state index in [0.29, 0.717) is 6.04 Å². The molecule has 1 saturated carbocycles. The molecule has 2 heteroatoms. The van der Waals surface area contributed by atoms with Gasteiger partial charge in [0.05, 0.1) is 6.10 Å². The topological polar surface area (TPSA) is 21.3 Å². The highest BCUT2D eigenvalue weighted by Crippen LogP contribution is 2.25. The van der Waals surface area contributed by atoms with E-state index in [0.717, 1.165) is 11.8 Å². The molecule has 0 radical (unpaired) electrons. The Kier molecular flexibility index (Phi) is 3.49. The normalized spacial score (nSPS) is 17.5. The Labute approximate surface area is 98.0 Å². The van der Waals surface area contributed by atoms with Crippen LogP contribution in [-0.2, 0) is 0 Å². The van der Waals surface area contributed by atoms with Crippen LogP contribution < -0.4 is 10.1 Å². The molecule has 0 aromatic heterocycles. The Morgan fingerprint density at radius 3 is 2.62 bits per heavy atom. The molecule has 1 unspecified atom stereocenters. The molecule has 2 nitrogen and oxygen atoms in total. The van der Waals surface area contributed by atoms with Gasteiger partial charge in [-0.1, -0.05) is 12.1 Å². The van der Waals surface area contributed by atoms with Crippen LogP contribution in [0.5, 0.6) is 5.75 Å². The molecular formula is C14H21NO. The third-order valence-electron chi connectivity index (χ3n) is 2.79. The molecule has 1 fully saturated rings. The maximum absolute atomic E-state index is 5.70. The molecular weight excluding hydrogens is 198 g/mol. The lowest BCUT2D eigenvalue weighted by Crippen LogP contribution is -2.20. The van der Waals surface area contributed by atoms with Crippen molar-refractivity contribution < 1.29 is 4.74 Å². The van der Waals surface area contributed by atoms with E-state index in [2.05, 4.69) is 44.3 Å². The first kappa shape index (κ1) is 11.5. The fraction of sp³-hybridized carbons (Fsp3) is 0.571. The molecule has 88 valence electrons. The number of nitrogens with one attached hydrogen (secondary N) is 1. The van der Waals surface area contributed by atoms with Crippen LogP contribution in [-0.4, -0.2) is 12.1 Å². The number of hydrogen-bond acceptors (Lipinski definition) is 2. The summed E-state index contributed by atoms with van der Waals surface area (Å²) in [5, 5.41) is 3.60. The Morgan fingerprint density at radius 2 is 2.00 bits per heavy atom. The van der Waals surface area contributed by atoms with E-state index < -0.39 is 0 Å². The zero-order valence-corrected chi connectivity index (χ0v) is 10.4. The summed E-state index contributed by atoms with van der Waals surface area (Å²) in [6.45, 7) is 6.32. The second-order valence-electron chi connectivity index (χ2n) is 4.90. The third-order valence-corrected chi connectivity index (χ3v) is 2.79. The quantitative estimate of drug-likeness (QED) is 0.820. The first-order chi connectivity index (χ1) is 7.65. The van der Waals surface area contributed by atoms with Gasteiger partial charge in [-0.3, -0.25) is 0 Å². The van der Waals surface area contributed by atoms with Crippen molar-refractivity contribution in [3.05, 3.63) is 29.8 Å². The Morgan fingerprint density at radius 1 is 1.25 bits per heavy atom. The second-order valence-corrected chi connectivity index (χ2v) is 4.90. The van der Waals surface area contributed by atoms with Crippen molar-refractivity contribution in [1.82, 2.24) is 5.32 Å². The molecule has 0 bridgehead atoms. The lowest BCUT2D eigenvalue weighted by molar-refractivity contribution is 0.242. The fourth-order valence-corrected chi connectivity index (χ4v) is 1.83. The summed E-state index contributed by atoms with van der Waals surface area (Å²) in [5.41, 5.74) is 1.31. The van der Waals surface area contributed by atoms with Gasteiger partial charge in [0, 0.05) is 12.1 Å². The lowest BCUT2D eigenvalue weighted by atomic mass is 10.1. The first-order valence-corrected chi connectivity index (χ1v) is 6.18. The average molecular weight is 219 g/mol. The largest absolute Gasteiger partial charge is 0.491 e. The van der Waals surface area contributed by atoms with E-state index in [-0.39, 0.29) is 6.10 Å². The van der Waals surface area contributed by atoms with Gasteiger partial charge >= 0.3 is 0 Å². The third kappa shape index (κ3) is 3.24. The number of ether oxygens (including phenoxy) is 1. The van der Waals surface area contributed by atoms with E-state index in [1.54, 1.807) is 0 Å². The molecule has 1 aromatic carbocycles. The highest BCUT2D eigenvalue weighted by atomic mass is 16.5. The molecule has 1 N–H and O–H groups in total. The summed E-state index contributed by atoms with van der Waals surface area (Å²) < 4.78 is 5.70. The molecule has 1 aliphatic rings. The molecule has 0 spiro atoms. The van der Waals surface area contributed by atoms with Crippen LogP contribution in [0.3, 0.4) is 0 Å². The van der Waals surface area contributed by atoms with Crippen molar-refractivity contribution >= 4 is 0 Å². The predicted octanol–water partition coefficient (Wildman–Crippen LogP) is 3.29. The van der Waals surface area contributed by atoms with Crippen LogP contribution in [0.25, 0.3) is 0 Å². The minimum Gasteiger partial charge on any atom is -0.491 e. The maximum atomic E-state index is 5.70. The van der Waals surface area contributed by atoms with E-state index in [9.17, 15) is 0 Å². The average Bonchev–Trinajstić information content (AvgIpc) is 3.01. The van der Waals surface area contributed by atoms with Gasteiger partial charge in [0.1, 0.15) is 5.75 Å². The Balaban J connectivity index is 2.01. The summed E-state index contributed by atoms with van der Waals surface area (Å²) in [4.78, 5) is 0. The minimum atomic E-state index is 0.238. The van der Waals surface area contributed by atoms with Crippen LogP contribution in [0.15, 0.2) is 24.3 Å².